The molecule has 0 spiro atoms. The zero-order chi connectivity index (χ0) is 16.1. The van der Waals surface area contributed by atoms with Gasteiger partial charge in [-0.25, -0.2) is 0 Å². The van der Waals surface area contributed by atoms with Crippen LogP contribution in [0, 0.1) is 0 Å². The number of anilines is 1. The van der Waals surface area contributed by atoms with E-state index in [0.29, 0.717) is 18.9 Å². The van der Waals surface area contributed by atoms with E-state index in [1.807, 2.05) is 18.4 Å². The summed E-state index contributed by atoms with van der Waals surface area (Å²) >= 11 is 1.56. The van der Waals surface area contributed by atoms with E-state index in [-0.39, 0.29) is 0 Å². The van der Waals surface area contributed by atoms with Crippen LogP contribution in [0.5, 0.6) is 0 Å². The van der Waals surface area contributed by atoms with Crippen LogP contribution in [0.1, 0.15) is 11.1 Å². The second-order valence-electron chi connectivity index (χ2n) is 5.75. The van der Waals surface area contributed by atoms with E-state index in [2.05, 4.69) is 44.7 Å². The van der Waals surface area contributed by atoms with Crippen LogP contribution in [0.25, 0.3) is 0 Å². The fraction of sp³-hybridized carbons (Fsp3) is 0.412. The second kappa shape index (κ2) is 7.77. The summed E-state index contributed by atoms with van der Waals surface area (Å²) in [5.74, 6) is 0.700. The zero-order valence-electron chi connectivity index (χ0n) is 13.3. The Bertz CT molecular complexity index is 635. The predicted molar refractivity (Wildman–Crippen MR) is 93.7 cm³/mol. The summed E-state index contributed by atoms with van der Waals surface area (Å²) in [5.41, 5.74) is 2.80. The van der Waals surface area contributed by atoms with Crippen LogP contribution in [0.3, 0.4) is 0 Å². The lowest BCUT2D eigenvalue weighted by molar-refractivity contribution is 0.114. The molecule has 0 radical (unpaired) electrons. The van der Waals surface area contributed by atoms with Crippen molar-refractivity contribution in [1.82, 2.24) is 15.1 Å². The minimum absolute atomic E-state index is 0.428. The van der Waals surface area contributed by atoms with Crippen molar-refractivity contribution in [2.75, 3.05) is 31.2 Å². The molecule has 1 atom stereocenters. The van der Waals surface area contributed by atoms with E-state index in [1.165, 1.54) is 11.1 Å². The van der Waals surface area contributed by atoms with E-state index in [1.54, 1.807) is 11.8 Å². The van der Waals surface area contributed by atoms with Crippen LogP contribution in [-0.2, 0) is 13.0 Å². The van der Waals surface area contributed by atoms with Gasteiger partial charge in [0.2, 0.25) is 0 Å². The van der Waals surface area contributed by atoms with E-state index in [4.69, 9.17) is 0 Å². The molecule has 0 fully saturated rings. The topological polar surface area (TPSA) is 61.3 Å². The number of aliphatic hydroxyl groups excluding tert-OH is 1. The Labute approximate surface area is 141 Å². The van der Waals surface area contributed by atoms with Crippen LogP contribution in [-0.4, -0.2) is 52.2 Å². The van der Waals surface area contributed by atoms with Gasteiger partial charge in [0.05, 0.1) is 6.10 Å². The maximum Gasteiger partial charge on any atom is 0.148 e. The molecule has 2 aromatic rings. The Morgan fingerprint density at radius 2 is 2.04 bits per heavy atom. The summed E-state index contributed by atoms with van der Waals surface area (Å²) in [6, 6.07) is 12.4. The van der Waals surface area contributed by atoms with E-state index < -0.39 is 6.10 Å². The van der Waals surface area contributed by atoms with Crippen molar-refractivity contribution in [3.63, 3.8) is 0 Å². The number of thioether (sulfide) groups is 1. The first-order valence-corrected chi connectivity index (χ1v) is 9.06. The molecule has 122 valence electrons. The first-order chi connectivity index (χ1) is 11.2. The highest BCUT2D eigenvalue weighted by atomic mass is 32.2. The molecule has 6 heteroatoms. The third kappa shape index (κ3) is 4.43. The summed E-state index contributed by atoms with van der Waals surface area (Å²) in [6.07, 6.45) is 2.59. The van der Waals surface area contributed by atoms with Crippen LogP contribution in [0.4, 0.5) is 5.82 Å². The highest BCUT2D eigenvalue weighted by Gasteiger charge is 2.18. The van der Waals surface area contributed by atoms with Gasteiger partial charge < -0.3 is 10.4 Å². The average Bonchev–Trinajstić information content (AvgIpc) is 2.60. The van der Waals surface area contributed by atoms with Crippen molar-refractivity contribution < 1.29 is 5.11 Å². The molecule has 0 aliphatic carbocycles. The van der Waals surface area contributed by atoms with Gasteiger partial charge in [-0.15, -0.1) is 22.0 Å². The molecule has 1 aromatic carbocycles. The summed E-state index contributed by atoms with van der Waals surface area (Å²) in [5, 5.41) is 22.5. The zero-order valence-corrected chi connectivity index (χ0v) is 14.1. The van der Waals surface area contributed by atoms with Gasteiger partial charge in [-0.05, 0) is 35.9 Å². The van der Waals surface area contributed by atoms with Gasteiger partial charge in [-0.1, -0.05) is 24.3 Å². The second-order valence-corrected chi connectivity index (χ2v) is 6.58. The van der Waals surface area contributed by atoms with Gasteiger partial charge in [0, 0.05) is 26.2 Å². The van der Waals surface area contributed by atoms with Gasteiger partial charge in [0.25, 0.3) is 0 Å². The molecule has 0 amide bonds. The van der Waals surface area contributed by atoms with Gasteiger partial charge in [-0.3, -0.25) is 4.90 Å². The highest BCUT2D eigenvalue weighted by molar-refractivity contribution is 7.98. The minimum Gasteiger partial charge on any atom is -0.390 e. The quantitative estimate of drug-likeness (QED) is 0.790. The van der Waals surface area contributed by atoms with Crippen molar-refractivity contribution in [3.05, 3.63) is 47.5 Å². The smallest absolute Gasteiger partial charge is 0.148 e. The van der Waals surface area contributed by atoms with Crippen molar-refractivity contribution in [3.8, 4) is 0 Å². The van der Waals surface area contributed by atoms with E-state index >= 15 is 0 Å². The molecule has 1 aromatic heterocycles. The molecule has 5 nitrogen and oxygen atoms in total. The number of fused-ring (bicyclic) bond motifs is 1. The molecule has 2 N–H and O–H groups in total. The van der Waals surface area contributed by atoms with Crippen LogP contribution in [0.2, 0.25) is 0 Å². The Morgan fingerprint density at radius 3 is 2.78 bits per heavy atom. The fourth-order valence-electron chi connectivity index (χ4n) is 2.82. The number of rotatable bonds is 6. The predicted octanol–water partition coefficient (Wildman–Crippen LogP) is 2.03. The van der Waals surface area contributed by atoms with Gasteiger partial charge in [0.1, 0.15) is 10.8 Å². The van der Waals surface area contributed by atoms with Gasteiger partial charge in [-0.2, -0.15) is 0 Å². The number of nitrogens with one attached hydrogen (secondary N) is 1. The fourth-order valence-corrected chi connectivity index (χ4v) is 3.14. The van der Waals surface area contributed by atoms with Crippen molar-refractivity contribution >= 4 is 17.6 Å². The van der Waals surface area contributed by atoms with E-state index in [0.717, 1.165) is 24.5 Å². The highest BCUT2D eigenvalue weighted by Crippen LogP contribution is 2.18. The molecule has 0 unspecified atom stereocenters. The first-order valence-electron chi connectivity index (χ1n) is 7.83. The number of aliphatic hydroxyl groups is 1. The molecule has 2 heterocycles. The molecular formula is C17H22N4OS. The monoisotopic (exact) mass is 330 g/mol. The van der Waals surface area contributed by atoms with Crippen LogP contribution in [0.15, 0.2) is 41.4 Å². The van der Waals surface area contributed by atoms with Crippen LogP contribution >= 0.6 is 11.8 Å². The first kappa shape index (κ1) is 16.2. The standard InChI is InChI=1S/C17H22N4OS/c1-23-17-7-6-16(19-20-17)18-10-15(22)12-21-9-8-13-4-2-3-5-14(13)11-21/h2-7,15,22H,8-12H2,1H3,(H,18,19)/t15-/m0/s1. The van der Waals surface area contributed by atoms with Gasteiger partial charge >= 0.3 is 0 Å². The Hall–Kier alpha value is -1.63. The minimum atomic E-state index is -0.428. The lowest BCUT2D eigenvalue weighted by Crippen LogP contribution is -2.39. The summed E-state index contributed by atoms with van der Waals surface area (Å²) in [4.78, 5) is 2.30. The third-order valence-electron chi connectivity index (χ3n) is 4.05. The lowest BCUT2D eigenvalue weighted by Gasteiger charge is -2.30. The molecular weight excluding hydrogens is 308 g/mol. The SMILES string of the molecule is CSc1ccc(NC[C@H](O)CN2CCc3ccccc3C2)nn1. The normalized spacial score (nSPS) is 15.9. The molecule has 0 bridgehead atoms. The lowest BCUT2D eigenvalue weighted by atomic mass is 10.00. The Morgan fingerprint density at radius 1 is 1.22 bits per heavy atom. The largest absolute Gasteiger partial charge is 0.390 e. The summed E-state index contributed by atoms with van der Waals surface area (Å²) in [6.45, 7) is 3.05. The van der Waals surface area contributed by atoms with E-state index in [9.17, 15) is 5.11 Å². The molecule has 1 aliphatic rings. The van der Waals surface area contributed by atoms with Gasteiger partial charge in [0.15, 0.2) is 0 Å². The van der Waals surface area contributed by atoms with Crippen molar-refractivity contribution in [2.24, 2.45) is 0 Å². The Balaban J connectivity index is 1.47. The molecule has 0 saturated heterocycles. The van der Waals surface area contributed by atoms with Crippen molar-refractivity contribution in [2.45, 2.75) is 24.1 Å². The molecule has 1 aliphatic heterocycles. The number of benzene rings is 1. The molecule has 3 rings (SSSR count). The van der Waals surface area contributed by atoms with Crippen molar-refractivity contribution in [1.29, 1.82) is 0 Å². The third-order valence-corrected chi connectivity index (χ3v) is 4.68. The van der Waals surface area contributed by atoms with Crippen LogP contribution < -0.4 is 5.32 Å². The molecule has 0 saturated carbocycles. The maximum absolute atomic E-state index is 10.3. The average molecular weight is 330 g/mol. The number of hydrogen-bond donors (Lipinski definition) is 2. The Kier molecular flexibility index (Phi) is 5.48. The maximum atomic E-state index is 10.3. The summed E-state index contributed by atoms with van der Waals surface area (Å²) < 4.78 is 0. The molecule has 23 heavy (non-hydrogen) atoms. The number of nitrogens with zero attached hydrogens (tertiary/aromatic N) is 3. The number of hydrogen-bond acceptors (Lipinski definition) is 6. The summed E-state index contributed by atoms with van der Waals surface area (Å²) in [7, 11) is 0. The number of β-amino-alcohol motifs (C(OH)–C–C–N with tert-alkyl or cyclic N) is 1. The number of aromatic nitrogens is 2.